The molecule has 0 bridgehead atoms. The molecule has 22 nitrogen and oxygen atoms in total. The van der Waals surface area contributed by atoms with Crippen LogP contribution in [0, 0.1) is 40.9 Å². The Morgan fingerprint density at radius 2 is 0.633 bits per heavy atom. The van der Waals surface area contributed by atoms with Gasteiger partial charge in [-0.15, -0.1) is 0 Å². The SMILES string of the molecule is O=C(OCC(O)CO)C(CC(O)CO)(CC(O)CO)C(CC(O)CO)C(CC(O)CO)C(CC(O)CO)C(CC(O)CO)C(CC(O)CO)C(CC(O)CO)CC(O)CO. The maximum Gasteiger partial charge on any atom is 0.312 e. The van der Waals surface area contributed by atoms with Crippen LogP contribution in [0.4, 0.5) is 0 Å². The van der Waals surface area contributed by atoms with Gasteiger partial charge in [0.05, 0.1) is 126 Å². The van der Waals surface area contributed by atoms with Gasteiger partial charge in [-0.25, -0.2) is 0 Å². The zero-order valence-electron chi connectivity index (χ0n) is 34.1. The number of carbonyl (C=O) groups excluding carboxylic acids is 1. The number of aliphatic hydroxyl groups excluding tert-OH is 20. The van der Waals surface area contributed by atoms with E-state index in [1.165, 1.54) is 0 Å². The average molecular weight is 885 g/mol. The highest BCUT2D eigenvalue weighted by Gasteiger charge is 2.55. The summed E-state index contributed by atoms with van der Waals surface area (Å²) < 4.78 is 5.40. The van der Waals surface area contributed by atoms with Gasteiger partial charge in [-0.1, -0.05) is 0 Å². The highest BCUT2D eigenvalue weighted by Crippen LogP contribution is 2.53. The fourth-order valence-electron chi connectivity index (χ4n) is 8.76. The highest BCUT2D eigenvalue weighted by molar-refractivity contribution is 5.77. The van der Waals surface area contributed by atoms with E-state index in [9.17, 15) is 107 Å². The Labute approximate surface area is 349 Å². The number of rotatable bonds is 37. The van der Waals surface area contributed by atoms with E-state index in [4.69, 9.17) is 4.74 Å². The van der Waals surface area contributed by atoms with Gasteiger partial charge in [-0.3, -0.25) is 4.79 Å². The second-order valence-electron chi connectivity index (χ2n) is 16.2. The first-order chi connectivity index (χ1) is 28.3. The van der Waals surface area contributed by atoms with Crippen molar-refractivity contribution in [2.24, 2.45) is 40.9 Å². The first-order valence-corrected chi connectivity index (χ1v) is 20.4. The van der Waals surface area contributed by atoms with Crippen LogP contribution in [0.15, 0.2) is 0 Å². The van der Waals surface area contributed by atoms with E-state index in [-0.39, 0.29) is 12.8 Å². The molecule has 0 fully saturated rings. The van der Waals surface area contributed by atoms with Gasteiger partial charge in [-0.05, 0) is 93.3 Å². The van der Waals surface area contributed by atoms with Crippen molar-refractivity contribution in [2.75, 3.05) is 72.7 Å². The van der Waals surface area contributed by atoms with E-state index in [0.29, 0.717) is 0 Å². The molecule has 15 unspecified atom stereocenters. The number of ether oxygens (including phenoxy) is 1. The van der Waals surface area contributed by atoms with Crippen LogP contribution in [0.5, 0.6) is 0 Å². The Morgan fingerprint density at radius 3 is 0.983 bits per heavy atom. The van der Waals surface area contributed by atoms with Crippen molar-refractivity contribution in [3.63, 3.8) is 0 Å². The minimum Gasteiger partial charge on any atom is -0.462 e. The van der Waals surface area contributed by atoms with Crippen LogP contribution in [0.2, 0.25) is 0 Å². The predicted molar refractivity (Wildman–Crippen MR) is 207 cm³/mol. The number of aliphatic hydroxyl groups is 20. The Balaban J connectivity index is 8.97. The maximum atomic E-state index is 14.6. The maximum absolute atomic E-state index is 14.6. The third-order valence-corrected chi connectivity index (χ3v) is 11.5. The molecule has 15 atom stereocenters. The van der Waals surface area contributed by atoms with E-state index in [1.807, 2.05) is 0 Å². The summed E-state index contributed by atoms with van der Waals surface area (Å²) in [4.78, 5) is 14.6. The fraction of sp³-hybridized carbons (Fsp3) is 0.974. The van der Waals surface area contributed by atoms with Gasteiger partial charge in [-0.2, -0.15) is 0 Å². The minimum absolute atomic E-state index is 0.372. The van der Waals surface area contributed by atoms with Crippen LogP contribution in [0.25, 0.3) is 0 Å². The Bertz CT molecular complexity index is 1050. The third-order valence-electron chi connectivity index (χ3n) is 11.5. The van der Waals surface area contributed by atoms with Crippen LogP contribution in [0.1, 0.15) is 57.8 Å². The van der Waals surface area contributed by atoms with Crippen molar-refractivity contribution in [1.29, 1.82) is 0 Å². The van der Waals surface area contributed by atoms with Gasteiger partial charge in [0.25, 0.3) is 0 Å². The first-order valence-electron chi connectivity index (χ1n) is 20.4. The van der Waals surface area contributed by atoms with E-state index in [0.717, 1.165) is 0 Å². The molecule has 60 heavy (non-hydrogen) atoms. The summed E-state index contributed by atoms with van der Waals surface area (Å²) >= 11 is 0. The summed E-state index contributed by atoms with van der Waals surface area (Å²) in [7, 11) is 0. The predicted octanol–water partition coefficient (Wildman–Crippen LogP) is -7.74. The molecular weight excluding hydrogens is 808 g/mol. The van der Waals surface area contributed by atoms with Gasteiger partial charge in [0.1, 0.15) is 12.7 Å². The quantitative estimate of drug-likeness (QED) is 0.0258. The summed E-state index contributed by atoms with van der Waals surface area (Å²) in [5.41, 5.74) is -2.45. The summed E-state index contributed by atoms with van der Waals surface area (Å²) in [5.74, 6) is -9.56. The largest absolute Gasteiger partial charge is 0.462 e. The Kier molecular flexibility index (Phi) is 30.8. The standard InChI is InChI=1S/C38H76O22/c39-10-22(49)1-21(2-23(50)11-40)32(3-24(51)12-41)33(4-25(52)13-42)34(5-26(53)14-43)35(6-27(54)15-44)36(7-28(55)16-45)38(8-29(56)17-46,9-30(57)18-47)37(59)60-20-31(58)19-48/h21-36,39-58H,1-20H2. The fourth-order valence-corrected chi connectivity index (χ4v) is 8.76. The van der Waals surface area contributed by atoms with Crippen LogP contribution in [0.3, 0.4) is 0 Å². The lowest BCUT2D eigenvalue weighted by Gasteiger charge is -2.51. The molecule has 0 aliphatic heterocycles. The van der Waals surface area contributed by atoms with Crippen molar-refractivity contribution in [3.8, 4) is 0 Å². The number of carbonyl (C=O) groups is 1. The van der Waals surface area contributed by atoms with E-state index < -0.39 is 226 Å². The molecule has 360 valence electrons. The summed E-state index contributed by atoms with van der Waals surface area (Å²) in [6.45, 7) is -10.3. The molecule has 0 aliphatic carbocycles. The van der Waals surface area contributed by atoms with Gasteiger partial charge in [0.15, 0.2) is 0 Å². The van der Waals surface area contributed by atoms with Gasteiger partial charge >= 0.3 is 5.97 Å². The molecule has 0 aliphatic rings. The molecule has 0 saturated carbocycles. The molecular formula is C38H76O22. The van der Waals surface area contributed by atoms with Gasteiger partial charge in [0.2, 0.25) is 0 Å². The van der Waals surface area contributed by atoms with Crippen molar-refractivity contribution >= 4 is 5.97 Å². The number of hydrogen-bond donors (Lipinski definition) is 20. The zero-order chi connectivity index (χ0) is 46.2. The second-order valence-corrected chi connectivity index (χ2v) is 16.2. The molecule has 0 amide bonds. The molecule has 22 heteroatoms. The normalized spacial score (nSPS) is 21.5. The summed E-state index contributed by atoms with van der Waals surface area (Å²) in [6, 6.07) is 0. The highest BCUT2D eigenvalue weighted by atomic mass is 16.5. The monoisotopic (exact) mass is 884 g/mol. The lowest BCUT2D eigenvalue weighted by Crippen LogP contribution is -2.53. The van der Waals surface area contributed by atoms with Gasteiger partial charge in [0, 0.05) is 0 Å². The molecule has 20 N–H and O–H groups in total. The first kappa shape index (κ1) is 58.7. The van der Waals surface area contributed by atoms with Crippen LogP contribution < -0.4 is 0 Å². The van der Waals surface area contributed by atoms with Crippen molar-refractivity contribution < 1.29 is 112 Å². The number of hydrogen-bond acceptors (Lipinski definition) is 22. The van der Waals surface area contributed by atoms with E-state index >= 15 is 0 Å². The Morgan fingerprint density at radius 1 is 0.350 bits per heavy atom. The average Bonchev–Trinajstić information content (AvgIpc) is 3.25. The topological polar surface area (TPSA) is 431 Å². The van der Waals surface area contributed by atoms with Crippen molar-refractivity contribution in [2.45, 2.75) is 119 Å². The molecule has 0 aromatic heterocycles. The molecule has 0 aromatic rings. The lowest BCUT2D eigenvalue weighted by molar-refractivity contribution is -0.178. The van der Waals surface area contributed by atoms with Gasteiger partial charge < -0.3 is 107 Å². The van der Waals surface area contributed by atoms with Crippen LogP contribution in [-0.4, -0.2) is 242 Å². The zero-order valence-corrected chi connectivity index (χ0v) is 34.1. The molecule has 0 radical (unpaired) electrons. The molecule has 0 saturated heterocycles. The number of esters is 1. The van der Waals surface area contributed by atoms with Crippen LogP contribution >= 0.6 is 0 Å². The minimum atomic E-state index is -2.45. The second kappa shape index (κ2) is 31.5. The Hall–Kier alpha value is -1.33. The van der Waals surface area contributed by atoms with E-state index in [1.54, 1.807) is 0 Å². The van der Waals surface area contributed by atoms with Crippen LogP contribution in [-0.2, 0) is 9.53 Å². The summed E-state index contributed by atoms with van der Waals surface area (Å²) in [5, 5.41) is 209. The van der Waals surface area contributed by atoms with Crippen molar-refractivity contribution in [1.82, 2.24) is 0 Å². The molecule has 0 heterocycles. The van der Waals surface area contributed by atoms with E-state index in [2.05, 4.69) is 0 Å². The molecule has 0 spiro atoms. The lowest BCUT2D eigenvalue weighted by atomic mass is 9.54. The molecule has 0 rings (SSSR count). The third kappa shape index (κ3) is 20.0. The smallest absolute Gasteiger partial charge is 0.312 e. The van der Waals surface area contributed by atoms with Crippen molar-refractivity contribution in [3.05, 3.63) is 0 Å². The summed E-state index contributed by atoms with van der Waals surface area (Å²) in [6.07, 6.45) is -22.3. The molecule has 0 aromatic carbocycles.